The minimum Gasteiger partial charge on any atom is -0.463 e. The van der Waals surface area contributed by atoms with Crippen molar-refractivity contribution in [2.24, 2.45) is 0 Å². The summed E-state index contributed by atoms with van der Waals surface area (Å²) in [7, 11) is 0. The Bertz CT molecular complexity index is 338. The van der Waals surface area contributed by atoms with Gasteiger partial charge in [0, 0.05) is 0 Å². The van der Waals surface area contributed by atoms with Gasteiger partial charge >= 0.3 is 5.97 Å². The summed E-state index contributed by atoms with van der Waals surface area (Å²) in [6.45, 7) is 6.66. The molecule has 0 N–H and O–H groups in total. The van der Waals surface area contributed by atoms with E-state index in [0.717, 1.165) is 5.56 Å². The summed E-state index contributed by atoms with van der Waals surface area (Å²) in [5, 5.41) is 0. The van der Waals surface area contributed by atoms with E-state index in [1.165, 1.54) is 0 Å². The second kappa shape index (κ2) is 6.40. The predicted octanol–water partition coefficient (Wildman–Crippen LogP) is 2.59. The number of hydrogen-bond donors (Lipinski definition) is 0. The lowest BCUT2D eigenvalue weighted by molar-refractivity contribution is -0.146. The first kappa shape index (κ1) is 13.7. The number of rotatable bonds is 5. The monoisotopic (exact) mass is 236 g/mol. The second-order valence-electron chi connectivity index (χ2n) is 4.84. The zero-order valence-corrected chi connectivity index (χ0v) is 10.7. The van der Waals surface area contributed by atoms with Crippen LogP contribution in [0.1, 0.15) is 26.3 Å². The summed E-state index contributed by atoms with van der Waals surface area (Å²) < 4.78 is 10.5. The molecule has 0 aromatic heterocycles. The van der Waals surface area contributed by atoms with Crippen LogP contribution in [0.2, 0.25) is 0 Å². The molecular weight excluding hydrogens is 216 g/mol. The van der Waals surface area contributed by atoms with E-state index in [0.29, 0.717) is 19.6 Å². The molecule has 0 fully saturated rings. The van der Waals surface area contributed by atoms with Gasteiger partial charge in [0.25, 0.3) is 0 Å². The Morgan fingerprint density at radius 3 is 2.35 bits per heavy atom. The molecule has 0 atom stereocenters. The Labute approximate surface area is 103 Å². The standard InChI is InChI=1S/C14H20O3/c1-14(2,3)17-10-9-16-13(15)11-12-7-5-4-6-8-12/h4-8H,9-11H2,1-3H3. The number of hydrogen-bond acceptors (Lipinski definition) is 3. The molecule has 0 aliphatic carbocycles. The van der Waals surface area contributed by atoms with E-state index in [9.17, 15) is 4.79 Å². The molecular formula is C14H20O3. The molecule has 0 heterocycles. The van der Waals surface area contributed by atoms with E-state index in [1.54, 1.807) is 0 Å². The normalized spacial score (nSPS) is 11.2. The number of carbonyl (C=O) groups excluding carboxylic acids is 1. The van der Waals surface area contributed by atoms with Gasteiger partial charge in [-0.2, -0.15) is 0 Å². The Morgan fingerprint density at radius 1 is 1.12 bits per heavy atom. The molecule has 0 saturated carbocycles. The van der Waals surface area contributed by atoms with E-state index in [4.69, 9.17) is 9.47 Å². The van der Waals surface area contributed by atoms with Crippen molar-refractivity contribution in [1.82, 2.24) is 0 Å². The fourth-order valence-electron chi connectivity index (χ4n) is 1.32. The largest absolute Gasteiger partial charge is 0.463 e. The van der Waals surface area contributed by atoms with Crippen LogP contribution in [0.4, 0.5) is 0 Å². The molecule has 0 spiro atoms. The topological polar surface area (TPSA) is 35.5 Å². The van der Waals surface area contributed by atoms with Crippen LogP contribution in [0.15, 0.2) is 30.3 Å². The smallest absolute Gasteiger partial charge is 0.310 e. The fraction of sp³-hybridized carbons (Fsp3) is 0.500. The van der Waals surface area contributed by atoms with Crippen molar-refractivity contribution in [3.05, 3.63) is 35.9 Å². The lowest BCUT2D eigenvalue weighted by Crippen LogP contribution is -2.23. The summed E-state index contributed by atoms with van der Waals surface area (Å²) in [5.74, 6) is -0.214. The Balaban J connectivity index is 2.18. The average Bonchev–Trinajstić information content (AvgIpc) is 2.25. The third kappa shape index (κ3) is 6.74. The van der Waals surface area contributed by atoms with Crippen LogP contribution in [0.5, 0.6) is 0 Å². The van der Waals surface area contributed by atoms with E-state index >= 15 is 0 Å². The first-order chi connectivity index (χ1) is 7.97. The van der Waals surface area contributed by atoms with Crippen LogP contribution in [0.3, 0.4) is 0 Å². The van der Waals surface area contributed by atoms with Crippen molar-refractivity contribution in [2.75, 3.05) is 13.2 Å². The predicted molar refractivity (Wildman–Crippen MR) is 66.8 cm³/mol. The number of esters is 1. The summed E-state index contributed by atoms with van der Waals surface area (Å²) in [5.41, 5.74) is 0.778. The number of benzene rings is 1. The first-order valence-corrected chi connectivity index (χ1v) is 5.81. The highest BCUT2D eigenvalue weighted by molar-refractivity contribution is 5.72. The highest BCUT2D eigenvalue weighted by Gasteiger charge is 2.10. The van der Waals surface area contributed by atoms with Crippen LogP contribution < -0.4 is 0 Å². The molecule has 0 aliphatic rings. The van der Waals surface area contributed by atoms with Crippen molar-refractivity contribution >= 4 is 5.97 Å². The Hall–Kier alpha value is -1.35. The summed E-state index contributed by atoms with van der Waals surface area (Å²) in [6.07, 6.45) is 0.316. The first-order valence-electron chi connectivity index (χ1n) is 5.81. The number of carbonyl (C=O) groups is 1. The summed E-state index contributed by atoms with van der Waals surface area (Å²) in [6, 6.07) is 9.56. The van der Waals surface area contributed by atoms with Crippen LogP contribution in [0, 0.1) is 0 Å². The quantitative estimate of drug-likeness (QED) is 0.582. The van der Waals surface area contributed by atoms with Gasteiger partial charge in [-0.05, 0) is 26.3 Å². The summed E-state index contributed by atoms with van der Waals surface area (Å²) >= 11 is 0. The molecule has 94 valence electrons. The van der Waals surface area contributed by atoms with E-state index in [2.05, 4.69) is 0 Å². The molecule has 1 aromatic carbocycles. The zero-order chi connectivity index (χ0) is 12.7. The van der Waals surface area contributed by atoms with E-state index < -0.39 is 0 Å². The maximum atomic E-state index is 11.5. The van der Waals surface area contributed by atoms with E-state index in [-0.39, 0.29) is 11.6 Å². The van der Waals surface area contributed by atoms with Gasteiger partial charge in [-0.25, -0.2) is 0 Å². The van der Waals surface area contributed by atoms with Crippen LogP contribution in [0.25, 0.3) is 0 Å². The highest BCUT2D eigenvalue weighted by Crippen LogP contribution is 2.06. The minimum atomic E-state index is -0.214. The maximum absolute atomic E-state index is 11.5. The van der Waals surface area contributed by atoms with Gasteiger partial charge < -0.3 is 9.47 Å². The zero-order valence-electron chi connectivity index (χ0n) is 10.7. The number of ether oxygens (including phenoxy) is 2. The third-order valence-electron chi connectivity index (χ3n) is 2.07. The molecule has 1 rings (SSSR count). The molecule has 0 saturated heterocycles. The molecule has 17 heavy (non-hydrogen) atoms. The van der Waals surface area contributed by atoms with Crippen molar-refractivity contribution in [2.45, 2.75) is 32.8 Å². The Kier molecular flexibility index (Phi) is 5.16. The molecule has 3 nitrogen and oxygen atoms in total. The maximum Gasteiger partial charge on any atom is 0.310 e. The van der Waals surface area contributed by atoms with E-state index in [1.807, 2.05) is 51.1 Å². The average molecular weight is 236 g/mol. The molecule has 0 unspecified atom stereocenters. The fourth-order valence-corrected chi connectivity index (χ4v) is 1.32. The van der Waals surface area contributed by atoms with Crippen molar-refractivity contribution < 1.29 is 14.3 Å². The molecule has 0 radical (unpaired) electrons. The van der Waals surface area contributed by atoms with Gasteiger partial charge in [0.05, 0.1) is 18.6 Å². The third-order valence-corrected chi connectivity index (χ3v) is 2.07. The molecule has 0 bridgehead atoms. The van der Waals surface area contributed by atoms with Gasteiger partial charge in [-0.3, -0.25) is 4.79 Å². The van der Waals surface area contributed by atoms with Crippen LogP contribution >= 0.6 is 0 Å². The lowest BCUT2D eigenvalue weighted by Gasteiger charge is -2.19. The van der Waals surface area contributed by atoms with Gasteiger partial charge in [-0.1, -0.05) is 30.3 Å². The van der Waals surface area contributed by atoms with Crippen LogP contribution in [-0.2, 0) is 20.7 Å². The molecule has 0 amide bonds. The minimum absolute atomic E-state index is 0.189. The molecule has 3 heteroatoms. The van der Waals surface area contributed by atoms with Gasteiger partial charge in [0.1, 0.15) is 6.61 Å². The SMILES string of the molecule is CC(C)(C)OCCOC(=O)Cc1ccccc1. The van der Waals surface area contributed by atoms with Gasteiger partial charge in [-0.15, -0.1) is 0 Å². The van der Waals surface area contributed by atoms with Crippen LogP contribution in [-0.4, -0.2) is 24.8 Å². The summed E-state index contributed by atoms with van der Waals surface area (Å²) in [4.78, 5) is 11.5. The van der Waals surface area contributed by atoms with Crippen molar-refractivity contribution in [1.29, 1.82) is 0 Å². The van der Waals surface area contributed by atoms with Crippen molar-refractivity contribution in [3.63, 3.8) is 0 Å². The molecule has 1 aromatic rings. The van der Waals surface area contributed by atoms with Gasteiger partial charge in [0.2, 0.25) is 0 Å². The molecule has 0 aliphatic heterocycles. The highest BCUT2D eigenvalue weighted by atomic mass is 16.6. The Morgan fingerprint density at radius 2 is 1.76 bits per heavy atom. The van der Waals surface area contributed by atoms with Crippen molar-refractivity contribution in [3.8, 4) is 0 Å². The second-order valence-corrected chi connectivity index (χ2v) is 4.84. The van der Waals surface area contributed by atoms with Gasteiger partial charge in [0.15, 0.2) is 0 Å². The lowest BCUT2D eigenvalue weighted by atomic mass is 10.2.